The molecule has 0 aromatic rings. The molecule has 330 valence electrons. The fourth-order valence-corrected chi connectivity index (χ4v) is 7.88. The van der Waals surface area contributed by atoms with Crippen LogP contribution in [0.15, 0.2) is 12.2 Å². The first-order valence-corrected chi connectivity index (χ1v) is 23.4. The van der Waals surface area contributed by atoms with Gasteiger partial charge in [-0.05, 0) is 31.6 Å². The maximum absolute atomic E-state index is 12.6. The topological polar surface area (TPSA) is 210 Å². The summed E-state index contributed by atoms with van der Waals surface area (Å²) in [5, 5.41) is 49.7. The van der Waals surface area contributed by atoms with Crippen LogP contribution in [0.2, 0.25) is 0 Å². The molecule has 0 aromatic heterocycles. The number of phosphoric ester groups is 1. The van der Waals surface area contributed by atoms with E-state index >= 15 is 0 Å². The van der Waals surface area contributed by atoms with Crippen LogP contribution in [-0.2, 0) is 32.7 Å². The van der Waals surface area contributed by atoms with E-state index in [4.69, 9.17) is 19.1 Å². The summed E-state index contributed by atoms with van der Waals surface area (Å²) in [7, 11) is -4.66. The van der Waals surface area contributed by atoms with Crippen LogP contribution in [0.5, 0.6) is 0 Å². The highest BCUT2D eigenvalue weighted by Gasteiger charge is 2.39. The van der Waals surface area contributed by atoms with Crippen LogP contribution < -0.4 is 0 Å². The lowest BCUT2D eigenvalue weighted by molar-refractivity contribution is -0.161. The van der Waals surface area contributed by atoms with Gasteiger partial charge in [0, 0.05) is 25.2 Å². The number of carbonyl (C=O) groups is 2. The van der Waals surface area contributed by atoms with Crippen molar-refractivity contribution < 1.29 is 63.1 Å². The highest BCUT2D eigenvalue weighted by atomic mass is 31.2. The van der Waals surface area contributed by atoms with Crippen LogP contribution in [0, 0.1) is 11.8 Å². The zero-order chi connectivity index (χ0) is 41.4. The average molecular weight is 823 g/mol. The Labute approximate surface area is 337 Å². The Hall–Kier alpha value is -1.41. The molecule has 0 aromatic carbocycles. The number of aliphatic hydroxyl groups is 5. The summed E-state index contributed by atoms with van der Waals surface area (Å²) in [4.78, 5) is 35.2. The molecule has 1 unspecified atom stereocenters. The summed E-state index contributed by atoms with van der Waals surface area (Å²) >= 11 is 0. The van der Waals surface area contributed by atoms with Crippen LogP contribution in [0.3, 0.4) is 0 Å². The Kier molecular flexibility index (Phi) is 31.4. The molecule has 1 fully saturated rings. The Bertz CT molecular complexity index is 1060. The molecule has 0 aliphatic heterocycles. The number of aliphatic hydroxyl groups excluding tert-OH is 5. The second kappa shape index (κ2) is 33.4. The first-order chi connectivity index (χ1) is 26.9. The summed E-state index contributed by atoms with van der Waals surface area (Å²) in [6.45, 7) is 2.05. The van der Waals surface area contributed by atoms with E-state index in [0.29, 0.717) is 32.1 Å². The molecule has 1 aliphatic rings. The summed E-state index contributed by atoms with van der Waals surface area (Å²) < 4.78 is 32.7. The van der Waals surface area contributed by atoms with Gasteiger partial charge in [0.05, 0.1) is 38.1 Å². The molecule has 0 amide bonds. The van der Waals surface area contributed by atoms with E-state index in [2.05, 4.69) is 18.4 Å². The predicted octanol–water partition coefficient (Wildman–Crippen LogP) is 7.61. The van der Waals surface area contributed by atoms with E-state index in [0.717, 1.165) is 57.8 Å². The number of ether oxygens (including phenoxy) is 2. The van der Waals surface area contributed by atoms with Crippen molar-refractivity contribution in [3.05, 3.63) is 12.2 Å². The molecule has 1 aliphatic carbocycles. The minimum Gasteiger partial charge on any atom is -0.462 e. The van der Waals surface area contributed by atoms with Gasteiger partial charge in [-0.2, -0.15) is 0 Å². The van der Waals surface area contributed by atoms with Crippen LogP contribution in [-0.4, -0.2) is 99.3 Å². The third-order valence-electron chi connectivity index (χ3n) is 10.5. The molecule has 0 radical (unpaired) electrons. The van der Waals surface area contributed by atoms with Crippen molar-refractivity contribution >= 4 is 19.8 Å². The number of rotatable bonds is 37. The van der Waals surface area contributed by atoms with Crippen LogP contribution in [0.4, 0.5) is 0 Å². The van der Waals surface area contributed by atoms with Crippen molar-refractivity contribution in [1.29, 1.82) is 0 Å². The molecule has 14 heteroatoms. The molecule has 1 saturated carbocycles. The van der Waals surface area contributed by atoms with Crippen molar-refractivity contribution in [2.45, 2.75) is 205 Å². The van der Waals surface area contributed by atoms with Crippen LogP contribution >= 0.6 is 7.82 Å². The van der Waals surface area contributed by atoms with Gasteiger partial charge in [0.25, 0.3) is 0 Å². The molecular formula is C42H79O13P. The lowest BCUT2D eigenvalue weighted by atomic mass is 9.88. The molecule has 13 nitrogen and oxygen atoms in total. The zero-order valence-electron chi connectivity index (χ0n) is 34.7. The summed E-state index contributed by atoms with van der Waals surface area (Å²) in [6, 6.07) is 0. The second-order valence-corrected chi connectivity index (χ2v) is 17.2. The van der Waals surface area contributed by atoms with Crippen molar-refractivity contribution in [2.24, 2.45) is 11.8 Å². The third-order valence-corrected chi connectivity index (χ3v) is 11.5. The SMILES string of the molecule is CCCCCCCCCCCCCCCC(=O)O[C@H](COC(=O)CCCCCC[C@@H]1[C@@H](/C=C/[C@@H](O)CCCCC)[C@H](O)C[C@@H]1O)COP(=O)(O)OC[C@@H](O)CO. The number of hydrogen-bond donors (Lipinski definition) is 6. The normalized spacial score (nSPS) is 21.2. The summed E-state index contributed by atoms with van der Waals surface area (Å²) in [5.41, 5.74) is 0. The van der Waals surface area contributed by atoms with E-state index < -0.39 is 70.1 Å². The molecular weight excluding hydrogens is 743 g/mol. The maximum atomic E-state index is 12.6. The minimum absolute atomic E-state index is 0.0974. The number of esters is 2. The largest absolute Gasteiger partial charge is 0.472 e. The van der Waals surface area contributed by atoms with E-state index in [1.54, 1.807) is 6.08 Å². The highest BCUT2D eigenvalue weighted by molar-refractivity contribution is 7.47. The quantitative estimate of drug-likeness (QED) is 0.0155. The van der Waals surface area contributed by atoms with E-state index in [1.165, 1.54) is 57.8 Å². The lowest BCUT2D eigenvalue weighted by Gasteiger charge is -2.21. The average Bonchev–Trinajstić information content (AvgIpc) is 3.44. The van der Waals surface area contributed by atoms with E-state index in [1.807, 2.05) is 6.08 Å². The van der Waals surface area contributed by atoms with E-state index in [-0.39, 0.29) is 31.3 Å². The molecule has 0 heterocycles. The van der Waals surface area contributed by atoms with Gasteiger partial charge >= 0.3 is 19.8 Å². The summed E-state index contributed by atoms with van der Waals surface area (Å²) in [5.74, 6) is -1.36. The van der Waals surface area contributed by atoms with Gasteiger partial charge < -0.3 is 39.9 Å². The highest BCUT2D eigenvalue weighted by Crippen LogP contribution is 2.43. The smallest absolute Gasteiger partial charge is 0.462 e. The Balaban J connectivity index is 2.44. The predicted molar refractivity (Wildman–Crippen MR) is 217 cm³/mol. The fourth-order valence-electron chi connectivity index (χ4n) is 7.09. The van der Waals surface area contributed by atoms with E-state index in [9.17, 15) is 39.5 Å². The molecule has 0 saturated heterocycles. The third kappa shape index (κ3) is 27.3. The molecule has 0 spiro atoms. The van der Waals surface area contributed by atoms with Gasteiger partial charge in [0.1, 0.15) is 12.7 Å². The van der Waals surface area contributed by atoms with Crippen molar-refractivity contribution in [1.82, 2.24) is 0 Å². The summed E-state index contributed by atoms with van der Waals surface area (Å²) in [6.07, 6.45) is 22.4. The van der Waals surface area contributed by atoms with Crippen molar-refractivity contribution in [2.75, 3.05) is 26.4 Å². The molecule has 1 rings (SSSR count). The molecule has 6 N–H and O–H groups in total. The number of phosphoric acid groups is 1. The fraction of sp³-hybridized carbons (Fsp3) is 0.905. The van der Waals surface area contributed by atoms with Crippen molar-refractivity contribution in [3.63, 3.8) is 0 Å². The van der Waals surface area contributed by atoms with Gasteiger partial charge in [-0.25, -0.2) is 4.57 Å². The maximum Gasteiger partial charge on any atom is 0.472 e. The number of unbranched alkanes of at least 4 members (excludes halogenated alkanes) is 17. The van der Waals surface area contributed by atoms with Crippen molar-refractivity contribution in [3.8, 4) is 0 Å². The van der Waals surface area contributed by atoms with Crippen LogP contribution in [0.1, 0.15) is 174 Å². The zero-order valence-corrected chi connectivity index (χ0v) is 35.6. The van der Waals surface area contributed by atoms with Gasteiger partial charge in [-0.3, -0.25) is 18.6 Å². The number of hydrogen-bond acceptors (Lipinski definition) is 12. The minimum atomic E-state index is -4.66. The molecule has 8 atom stereocenters. The molecule has 0 bridgehead atoms. The first kappa shape index (κ1) is 52.6. The van der Waals surface area contributed by atoms with Gasteiger partial charge in [0.2, 0.25) is 0 Å². The standard InChI is InChI=1S/C42H79O13P/c1-3-5-7-8-9-10-11-12-13-14-15-16-22-26-42(49)55-36(33-54-56(50,51)53-31-35(45)30-43)32-52-41(48)25-21-18-17-20-24-37-38(40(47)29-39(37)46)28-27-34(44)23-19-6-4-2/h27-28,34-40,43-47H,3-26,29-33H2,1-2H3,(H,50,51)/b28-27+/t34-,35-,36+,37+,38+,39-,40+/m0/s1. The Morgan fingerprint density at radius 1 is 0.696 bits per heavy atom. The second-order valence-electron chi connectivity index (χ2n) is 15.7. The van der Waals surface area contributed by atoms with Gasteiger partial charge in [-0.15, -0.1) is 0 Å². The van der Waals surface area contributed by atoms with Gasteiger partial charge in [0.15, 0.2) is 6.10 Å². The lowest BCUT2D eigenvalue weighted by Crippen LogP contribution is -2.29. The number of carbonyl (C=O) groups excluding carboxylic acids is 2. The van der Waals surface area contributed by atoms with Gasteiger partial charge in [-0.1, -0.05) is 142 Å². The Morgan fingerprint density at radius 2 is 1.21 bits per heavy atom. The molecule has 56 heavy (non-hydrogen) atoms. The first-order valence-electron chi connectivity index (χ1n) is 21.9. The Morgan fingerprint density at radius 3 is 1.80 bits per heavy atom. The van der Waals surface area contributed by atoms with Crippen LogP contribution in [0.25, 0.3) is 0 Å². The monoisotopic (exact) mass is 823 g/mol.